The Kier molecular flexibility index (Phi) is 3.22. The zero-order chi connectivity index (χ0) is 13.8. The van der Waals surface area contributed by atoms with Crippen LogP contribution in [0, 0.1) is 11.3 Å². The molecule has 94 valence electrons. The average molecular weight is 257 g/mol. The molecule has 2 aromatic heterocycles. The van der Waals surface area contributed by atoms with E-state index in [0.717, 1.165) is 27.7 Å². The number of nitriles is 1. The number of nitrogens with zero attached hydrogens (tertiary/aromatic N) is 3. The van der Waals surface area contributed by atoms with E-state index in [1.807, 2.05) is 54.6 Å². The number of rotatable bonds is 2. The summed E-state index contributed by atoms with van der Waals surface area (Å²) in [6, 6.07) is 15.8. The third kappa shape index (κ3) is 2.27. The second-order valence-electron chi connectivity index (χ2n) is 4.32. The van der Waals surface area contributed by atoms with E-state index in [4.69, 9.17) is 5.26 Å². The summed E-state index contributed by atoms with van der Waals surface area (Å²) in [5.41, 5.74) is 3.71. The molecule has 3 heteroatoms. The molecule has 1 aromatic carbocycles. The van der Waals surface area contributed by atoms with Gasteiger partial charge >= 0.3 is 0 Å². The van der Waals surface area contributed by atoms with Crippen LogP contribution in [0.4, 0.5) is 0 Å². The van der Waals surface area contributed by atoms with Gasteiger partial charge in [0.15, 0.2) is 0 Å². The maximum absolute atomic E-state index is 8.72. The predicted molar refractivity (Wildman–Crippen MR) is 79.6 cm³/mol. The van der Waals surface area contributed by atoms with Gasteiger partial charge in [-0.3, -0.25) is 4.98 Å². The van der Waals surface area contributed by atoms with Gasteiger partial charge in [-0.05, 0) is 35.9 Å². The fourth-order valence-electron chi connectivity index (χ4n) is 2.13. The van der Waals surface area contributed by atoms with E-state index >= 15 is 0 Å². The van der Waals surface area contributed by atoms with Crippen molar-refractivity contribution in [1.29, 1.82) is 5.26 Å². The summed E-state index contributed by atoms with van der Waals surface area (Å²) in [7, 11) is 0. The van der Waals surface area contributed by atoms with E-state index < -0.39 is 0 Å². The summed E-state index contributed by atoms with van der Waals surface area (Å²) in [6.45, 7) is 0. The molecule has 3 aromatic rings. The van der Waals surface area contributed by atoms with Gasteiger partial charge in [-0.1, -0.05) is 18.2 Å². The fourth-order valence-corrected chi connectivity index (χ4v) is 2.13. The lowest BCUT2D eigenvalue weighted by atomic mass is 10.0. The van der Waals surface area contributed by atoms with Gasteiger partial charge < -0.3 is 0 Å². The van der Waals surface area contributed by atoms with Crippen LogP contribution in [0.15, 0.2) is 60.9 Å². The number of benzene rings is 1. The third-order valence-electron chi connectivity index (χ3n) is 3.04. The van der Waals surface area contributed by atoms with Crippen molar-refractivity contribution >= 4 is 17.0 Å². The molecular formula is C17H11N3. The Balaban J connectivity index is 2.26. The summed E-state index contributed by atoms with van der Waals surface area (Å²) in [5, 5.41) is 9.76. The topological polar surface area (TPSA) is 49.6 Å². The van der Waals surface area contributed by atoms with Crippen LogP contribution in [0.3, 0.4) is 0 Å². The summed E-state index contributed by atoms with van der Waals surface area (Å²) in [6.07, 6.45) is 6.81. The summed E-state index contributed by atoms with van der Waals surface area (Å²) >= 11 is 0. The van der Waals surface area contributed by atoms with Crippen LogP contribution in [0.25, 0.3) is 28.2 Å². The van der Waals surface area contributed by atoms with Gasteiger partial charge in [-0.25, -0.2) is 4.98 Å². The maximum atomic E-state index is 8.72. The number of pyridine rings is 2. The van der Waals surface area contributed by atoms with Gasteiger partial charge in [0.05, 0.1) is 17.3 Å². The third-order valence-corrected chi connectivity index (χ3v) is 3.04. The maximum Gasteiger partial charge on any atom is 0.0912 e. The molecule has 0 aliphatic carbocycles. The minimum atomic E-state index is 0.856. The first-order valence-electron chi connectivity index (χ1n) is 6.25. The van der Waals surface area contributed by atoms with Crippen LogP contribution < -0.4 is 0 Å². The van der Waals surface area contributed by atoms with Gasteiger partial charge in [0.2, 0.25) is 0 Å². The summed E-state index contributed by atoms with van der Waals surface area (Å²) < 4.78 is 0. The highest BCUT2D eigenvalue weighted by molar-refractivity contribution is 5.90. The summed E-state index contributed by atoms with van der Waals surface area (Å²) in [4.78, 5) is 8.78. The Morgan fingerprint density at radius 3 is 2.80 bits per heavy atom. The van der Waals surface area contributed by atoms with Crippen LogP contribution >= 0.6 is 0 Å². The number of allylic oxidation sites excluding steroid dienone is 1. The minimum Gasteiger partial charge on any atom is -0.264 e. The molecule has 0 aliphatic heterocycles. The molecule has 0 saturated heterocycles. The summed E-state index contributed by atoms with van der Waals surface area (Å²) in [5.74, 6) is 0. The molecule has 3 rings (SSSR count). The van der Waals surface area contributed by atoms with E-state index in [1.165, 1.54) is 6.08 Å². The molecule has 0 aliphatic rings. The molecule has 0 N–H and O–H groups in total. The molecule has 0 spiro atoms. The number of hydrogen-bond acceptors (Lipinski definition) is 3. The van der Waals surface area contributed by atoms with E-state index in [9.17, 15) is 0 Å². The van der Waals surface area contributed by atoms with Crippen molar-refractivity contribution in [2.75, 3.05) is 0 Å². The largest absolute Gasteiger partial charge is 0.264 e. The van der Waals surface area contributed by atoms with Gasteiger partial charge in [0, 0.05) is 29.4 Å². The zero-order valence-corrected chi connectivity index (χ0v) is 10.7. The predicted octanol–water partition coefficient (Wildman–Crippen LogP) is 3.83. The lowest BCUT2D eigenvalue weighted by molar-refractivity contribution is 1.30. The first-order chi connectivity index (χ1) is 9.88. The second kappa shape index (κ2) is 5.33. The molecule has 0 radical (unpaired) electrons. The van der Waals surface area contributed by atoms with E-state index in [1.54, 1.807) is 12.4 Å². The van der Waals surface area contributed by atoms with Crippen molar-refractivity contribution in [1.82, 2.24) is 9.97 Å². The van der Waals surface area contributed by atoms with Crippen LogP contribution in [-0.4, -0.2) is 9.97 Å². The first-order valence-corrected chi connectivity index (χ1v) is 6.25. The Morgan fingerprint density at radius 2 is 2.00 bits per heavy atom. The lowest BCUT2D eigenvalue weighted by Gasteiger charge is -2.06. The smallest absolute Gasteiger partial charge is 0.0912 e. The molecule has 0 fully saturated rings. The second-order valence-corrected chi connectivity index (χ2v) is 4.32. The first kappa shape index (κ1) is 12.1. The highest BCUT2D eigenvalue weighted by Crippen LogP contribution is 2.25. The quantitative estimate of drug-likeness (QED) is 0.655. The standard InChI is InChI=1S/C17H11N3/c18-9-3-5-13-11-17(14-6-4-10-19-12-14)20-16-8-2-1-7-15(13)16/h1-8,10-12H. The lowest BCUT2D eigenvalue weighted by Crippen LogP contribution is -1.89. The molecule has 0 atom stereocenters. The van der Waals surface area contributed by atoms with Gasteiger partial charge in [0.25, 0.3) is 0 Å². The van der Waals surface area contributed by atoms with E-state index in [-0.39, 0.29) is 0 Å². The normalized spacial score (nSPS) is 10.8. The molecule has 0 unspecified atom stereocenters. The number of aromatic nitrogens is 2. The molecule has 3 nitrogen and oxygen atoms in total. The minimum absolute atomic E-state index is 0.856. The van der Waals surface area contributed by atoms with E-state index in [2.05, 4.69) is 9.97 Å². The monoisotopic (exact) mass is 257 g/mol. The Bertz CT molecular complexity index is 815. The van der Waals surface area contributed by atoms with Gasteiger partial charge in [-0.15, -0.1) is 0 Å². The molecule has 0 saturated carbocycles. The van der Waals surface area contributed by atoms with Crippen LogP contribution in [-0.2, 0) is 0 Å². The molecule has 20 heavy (non-hydrogen) atoms. The number of para-hydroxylation sites is 1. The number of fused-ring (bicyclic) bond motifs is 1. The highest BCUT2D eigenvalue weighted by Gasteiger charge is 2.05. The fraction of sp³-hybridized carbons (Fsp3) is 0. The van der Waals surface area contributed by atoms with Crippen molar-refractivity contribution in [2.45, 2.75) is 0 Å². The average Bonchev–Trinajstić information content (AvgIpc) is 2.53. The van der Waals surface area contributed by atoms with Crippen molar-refractivity contribution in [3.05, 3.63) is 66.5 Å². The van der Waals surface area contributed by atoms with Crippen molar-refractivity contribution in [3.8, 4) is 17.3 Å². The van der Waals surface area contributed by atoms with E-state index in [0.29, 0.717) is 0 Å². The van der Waals surface area contributed by atoms with Crippen LogP contribution in [0.5, 0.6) is 0 Å². The van der Waals surface area contributed by atoms with Crippen molar-refractivity contribution < 1.29 is 0 Å². The van der Waals surface area contributed by atoms with Crippen molar-refractivity contribution in [2.24, 2.45) is 0 Å². The van der Waals surface area contributed by atoms with Crippen LogP contribution in [0.2, 0.25) is 0 Å². The molecule has 2 heterocycles. The van der Waals surface area contributed by atoms with Crippen molar-refractivity contribution in [3.63, 3.8) is 0 Å². The zero-order valence-electron chi connectivity index (χ0n) is 10.7. The highest BCUT2D eigenvalue weighted by atomic mass is 14.7. The molecule has 0 amide bonds. The SMILES string of the molecule is N#CC=Cc1cc(-c2cccnc2)nc2ccccc12. The Morgan fingerprint density at radius 1 is 1.10 bits per heavy atom. The van der Waals surface area contributed by atoms with Gasteiger partial charge in [0.1, 0.15) is 0 Å². The Hall–Kier alpha value is -2.99. The van der Waals surface area contributed by atoms with Gasteiger partial charge in [-0.2, -0.15) is 5.26 Å². The number of hydrogen-bond donors (Lipinski definition) is 0. The Labute approximate surface area is 116 Å². The molecule has 0 bridgehead atoms. The van der Waals surface area contributed by atoms with Crippen LogP contribution in [0.1, 0.15) is 5.56 Å². The molecular weight excluding hydrogens is 246 g/mol.